The van der Waals surface area contributed by atoms with Crippen LogP contribution in [0.3, 0.4) is 0 Å². The van der Waals surface area contributed by atoms with Crippen LogP contribution in [0.15, 0.2) is 145 Å². The van der Waals surface area contributed by atoms with E-state index >= 15 is 0 Å². The van der Waals surface area contributed by atoms with Crippen LogP contribution in [0.1, 0.15) is 64.5 Å². The highest BCUT2D eigenvalue weighted by Gasteiger charge is 2.35. The van der Waals surface area contributed by atoms with Crippen LogP contribution in [0, 0.1) is 41.2 Å². The lowest BCUT2D eigenvalue weighted by molar-refractivity contribution is -0.150. The zero-order chi connectivity index (χ0) is 58.2. The number of rotatable bonds is 32. The van der Waals surface area contributed by atoms with Gasteiger partial charge in [0, 0.05) is 6.42 Å². The molecule has 78 heavy (non-hydrogen) atoms. The average Bonchev–Trinajstić information content (AvgIpc) is 3.39. The number of nitrogens with one attached hydrogen (secondary N) is 2. The maximum absolute atomic E-state index is 13.7. The average molecular weight is 1120 g/mol. The van der Waals surface area contributed by atoms with Crippen LogP contribution in [0.5, 0.6) is 11.5 Å². The van der Waals surface area contributed by atoms with Crippen molar-refractivity contribution in [1.82, 2.24) is 10.6 Å². The third-order valence-corrected chi connectivity index (χ3v) is 15.5. The Morgan fingerprint density at radius 2 is 0.962 bits per heavy atom. The fourth-order valence-corrected chi connectivity index (χ4v) is 11.1. The summed E-state index contributed by atoms with van der Waals surface area (Å²) in [6.07, 6.45) is 5.18. The van der Waals surface area contributed by atoms with Gasteiger partial charge in [-0.15, -0.1) is 6.58 Å². The van der Waals surface area contributed by atoms with Crippen LogP contribution < -0.4 is 20.1 Å². The largest absolute Gasteiger partial charge is 0.490 e. The Morgan fingerprint density at radius 3 is 1.31 bits per heavy atom. The third-order valence-electron chi connectivity index (χ3n) is 11.9. The Morgan fingerprint density at radius 1 is 0.577 bits per heavy atom. The molecule has 0 aliphatic heterocycles. The number of allylic oxidation sites excluding steroid dienone is 1. The van der Waals surface area contributed by atoms with Gasteiger partial charge in [0.25, 0.3) is 5.78 Å². The first kappa shape index (κ1) is 65.0. The second kappa shape index (κ2) is 31.8. The topological polar surface area (TPSA) is 243 Å². The fourth-order valence-electron chi connectivity index (χ4n) is 7.97. The van der Waals surface area contributed by atoms with E-state index in [0.29, 0.717) is 42.3 Å². The number of halogens is 2. The van der Waals surface area contributed by atoms with E-state index in [4.69, 9.17) is 19.3 Å². The Balaban J connectivity index is 0.000000415. The molecule has 3 N–H and O–H groups in total. The molecule has 0 saturated carbocycles. The molecule has 4 rings (SSSR count). The van der Waals surface area contributed by atoms with Gasteiger partial charge in [0.05, 0.1) is 58.2 Å². The lowest BCUT2D eigenvalue weighted by Gasteiger charge is -2.24. The van der Waals surface area contributed by atoms with Gasteiger partial charge in [-0.25, -0.2) is 30.4 Å². The summed E-state index contributed by atoms with van der Waals surface area (Å²) in [4.78, 5) is 75.6. The molecule has 422 valence electrons. The highest BCUT2D eigenvalue weighted by atomic mass is 32.2. The standard InChI is InChI=1S/C32H40FNO7S.C26H30FNO7S/c1-6-8-24(32(37)40-5)20-30(35)29(18-22(3)4)34-31(36)25(19-23-9-13-27(14-10-23)41-17-7-2)21-42(38,39)28-15-11-26(33)12-16-28;1-4-13-35-21-9-5-18(6-10-21)15-19(16-36(33,34)22-11-7-20(27)8-12-22)25(30)28-23(14-17(2)3)24(29)26(31)32/h6-7,9-16,22,24-25,29H,1-2,8,17-21H2,3-5H3,(H,34,36);4-12,17,19,23H,1,13-16H2,2-3H3,(H,28,30)(H,31,32)/t24-,25-,29+;19-,23+/m11/s1. The summed E-state index contributed by atoms with van der Waals surface area (Å²) in [7, 11) is -6.79. The number of carboxylic acid groups (broad SMARTS) is 1. The van der Waals surface area contributed by atoms with E-state index in [9.17, 15) is 54.4 Å². The van der Waals surface area contributed by atoms with Crippen molar-refractivity contribution in [1.29, 1.82) is 0 Å². The molecule has 0 heterocycles. The van der Waals surface area contributed by atoms with Gasteiger partial charge in [0.1, 0.15) is 36.3 Å². The van der Waals surface area contributed by atoms with Crippen LogP contribution in [0.4, 0.5) is 8.78 Å². The number of amides is 2. The lowest BCUT2D eigenvalue weighted by Crippen LogP contribution is -2.48. The van der Waals surface area contributed by atoms with Gasteiger partial charge in [-0.2, -0.15) is 0 Å². The minimum Gasteiger partial charge on any atom is -0.490 e. The maximum atomic E-state index is 13.7. The van der Waals surface area contributed by atoms with Crippen LogP contribution in [-0.4, -0.2) is 101 Å². The Hall–Kier alpha value is -7.32. The number of hydrogen-bond acceptors (Lipinski definition) is 13. The molecule has 0 aromatic heterocycles. The summed E-state index contributed by atoms with van der Waals surface area (Å²) in [6, 6.07) is 20.0. The van der Waals surface area contributed by atoms with E-state index in [2.05, 4.69) is 30.4 Å². The number of carbonyl (C=O) groups excluding carboxylic acids is 5. The van der Waals surface area contributed by atoms with Gasteiger partial charge in [0.2, 0.25) is 11.8 Å². The molecule has 2 amide bonds. The predicted molar refractivity (Wildman–Crippen MR) is 291 cm³/mol. The second-order valence-electron chi connectivity index (χ2n) is 19.2. The number of methoxy groups -OCH3 is 1. The first-order valence-corrected chi connectivity index (χ1v) is 28.3. The molecule has 20 heteroatoms. The summed E-state index contributed by atoms with van der Waals surface area (Å²) < 4.78 is 95.1. The minimum absolute atomic E-state index is 0.0103. The normalized spacial score (nSPS) is 13.2. The summed E-state index contributed by atoms with van der Waals surface area (Å²) in [5.41, 5.74) is 1.30. The van der Waals surface area contributed by atoms with Crippen molar-refractivity contribution in [2.75, 3.05) is 31.8 Å². The van der Waals surface area contributed by atoms with Crippen LogP contribution in [0.25, 0.3) is 0 Å². The molecule has 0 bridgehead atoms. The Kier molecular flexibility index (Phi) is 26.5. The van der Waals surface area contributed by atoms with Crippen molar-refractivity contribution in [3.63, 3.8) is 0 Å². The molecule has 4 aromatic carbocycles. The van der Waals surface area contributed by atoms with Crippen molar-refractivity contribution in [2.24, 2.45) is 29.6 Å². The van der Waals surface area contributed by atoms with Crippen molar-refractivity contribution in [3.05, 3.63) is 158 Å². The highest BCUT2D eigenvalue weighted by Crippen LogP contribution is 2.24. The molecule has 4 aromatic rings. The molecule has 0 fully saturated rings. The van der Waals surface area contributed by atoms with Gasteiger partial charge in [-0.1, -0.05) is 83.3 Å². The van der Waals surface area contributed by atoms with Crippen molar-refractivity contribution >= 4 is 55.0 Å². The van der Waals surface area contributed by atoms with Crippen molar-refractivity contribution < 1.29 is 73.7 Å². The summed E-state index contributed by atoms with van der Waals surface area (Å²) >= 11 is 0. The van der Waals surface area contributed by atoms with E-state index in [0.717, 1.165) is 48.5 Å². The molecule has 0 spiro atoms. The molecule has 0 saturated heterocycles. The zero-order valence-electron chi connectivity index (χ0n) is 44.5. The number of carbonyl (C=O) groups is 6. The first-order chi connectivity index (χ1) is 36.8. The van der Waals surface area contributed by atoms with Crippen LogP contribution in [0.2, 0.25) is 0 Å². The minimum atomic E-state index is -4.02. The number of benzene rings is 4. The van der Waals surface area contributed by atoms with E-state index in [1.54, 1.807) is 74.5 Å². The third kappa shape index (κ3) is 22.0. The number of aliphatic carboxylic acids is 1. The smallest absolute Gasteiger partial charge is 0.374 e. The van der Waals surface area contributed by atoms with E-state index < -0.39 is 102 Å². The number of hydrogen-bond donors (Lipinski definition) is 3. The summed E-state index contributed by atoms with van der Waals surface area (Å²) in [5.74, 6) is -9.50. The molecule has 0 aliphatic rings. The van der Waals surface area contributed by atoms with Gasteiger partial charge >= 0.3 is 11.9 Å². The number of carboxylic acids is 1. The van der Waals surface area contributed by atoms with Crippen LogP contribution >= 0.6 is 0 Å². The molecule has 5 atom stereocenters. The molecule has 0 radical (unpaired) electrons. The van der Waals surface area contributed by atoms with Gasteiger partial charge in [-0.05, 0) is 128 Å². The van der Waals surface area contributed by atoms with Gasteiger partial charge in [-0.3, -0.25) is 24.0 Å². The molecular formula is C58H70F2N2O14S2. The number of sulfone groups is 2. The number of ketones is 2. The molecule has 0 aliphatic carbocycles. The molecule has 16 nitrogen and oxygen atoms in total. The second-order valence-corrected chi connectivity index (χ2v) is 23.3. The van der Waals surface area contributed by atoms with E-state index in [1.807, 2.05) is 13.8 Å². The highest BCUT2D eigenvalue weighted by molar-refractivity contribution is 7.91. The Labute approximate surface area is 456 Å². The van der Waals surface area contributed by atoms with Crippen molar-refractivity contribution in [2.45, 2.75) is 88.1 Å². The van der Waals surface area contributed by atoms with Gasteiger partial charge in [0.15, 0.2) is 25.5 Å². The monoisotopic (exact) mass is 1120 g/mol. The SMILES string of the molecule is C=CCOc1ccc(C[C@H](CS(=O)(=O)c2ccc(F)cc2)C(=O)N[C@@H](CC(C)C)C(=O)C(=O)O)cc1.C=CCOc1ccc(C[C@H](CS(=O)(=O)c2ccc(F)cc2)C(=O)N[C@@H](CC(C)C)C(=O)C[C@@H](CC=C)C(=O)OC)cc1. The van der Waals surface area contributed by atoms with Gasteiger partial charge < -0.3 is 30.0 Å². The number of Topliss-reactive ketones (excluding diaryl/α,β-unsaturated/α-hetero) is 2. The Bertz CT molecular complexity index is 2890. The number of ether oxygens (including phenoxy) is 3. The van der Waals surface area contributed by atoms with Crippen molar-refractivity contribution in [3.8, 4) is 11.5 Å². The quantitative estimate of drug-likeness (QED) is 0.0181. The summed E-state index contributed by atoms with van der Waals surface area (Å²) in [5, 5.41) is 14.4. The van der Waals surface area contributed by atoms with E-state index in [1.165, 1.54) is 13.2 Å². The maximum Gasteiger partial charge on any atom is 0.374 e. The van der Waals surface area contributed by atoms with Crippen LogP contribution in [-0.2, 0) is 66.0 Å². The molecular weight excluding hydrogens is 1050 g/mol. The summed E-state index contributed by atoms with van der Waals surface area (Å²) in [6.45, 7) is 18.7. The fraction of sp³-hybridized carbons (Fsp3) is 0.379. The lowest BCUT2D eigenvalue weighted by atomic mass is 9.91. The zero-order valence-corrected chi connectivity index (χ0v) is 46.2. The van der Waals surface area contributed by atoms with E-state index in [-0.39, 0.29) is 59.5 Å². The number of esters is 1. The predicted octanol–water partition coefficient (Wildman–Crippen LogP) is 8.09. The molecule has 0 unspecified atom stereocenters. The first-order valence-electron chi connectivity index (χ1n) is 25.0.